The van der Waals surface area contributed by atoms with Gasteiger partial charge in [0.05, 0.1) is 19.8 Å². The summed E-state index contributed by atoms with van der Waals surface area (Å²) in [5, 5.41) is 3.20. The van der Waals surface area contributed by atoms with Gasteiger partial charge in [-0.05, 0) is 31.1 Å². The van der Waals surface area contributed by atoms with Crippen molar-refractivity contribution in [3.05, 3.63) is 23.9 Å². The number of piperazine rings is 1. The molecule has 8 heteroatoms. The molecule has 0 aliphatic carbocycles. The van der Waals surface area contributed by atoms with Crippen LogP contribution in [-0.4, -0.2) is 92.9 Å². The summed E-state index contributed by atoms with van der Waals surface area (Å²) in [7, 11) is 0. The number of guanidine groups is 1. The number of hydrogen-bond acceptors (Lipinski definition) is 6. The normalized spacial score (nSPS) is 19.8. The molecule has 0 radical (unpaired) electrons. The molecular weight excluding hydrogens is 354 g/mol. The molecule has 2 aliphatic rings. The van der Waals surface area contributed by atoms with Crippen LogP contribution in [-0.2, 0) is 11.3 Å². The zero-order chi connectivity index (χ0) is 19.6. The Balaban J connectivity index is 1.35. The van der Waals surface area contributed by atoms with E-state index in [-0.39, 0.29) is 0 Å². The second-order valence-corrected chi connectivity index (χ2v) is 7.38. The van der Waals surface area contributed by atoms with E-state index >= 15 is 0 Å². The van der Waals surface area contributed by atoms with E-state index in [1.54, 1.807) is 0 Å². The number of aliphatic imine (C=N–C) groups is 1. The lowest BCUT2D eigenvalue weighted by Gasteiger charge is -2.34. The molecule has 2 fully saturated rings. The Morgan fingerprint density at radius 2 is 1.93 bits per heavy atom. The third-order valence-electron chi connectivity index (χ3n) is 5.45. The summed E-state index contributed by atoms with van der Waals surface area (Å²) < 4.78 is 5.36. The summed E-state index contributed by atoms with van der Waals surface area (Å²) in [5.41, 5.74) is 7.06. The number of anilines is 1. The maximum absolute atomic E-state index is 5.99. The molecule has 0 bridgehead atoms. The maximum Gasteiger partial charge on any atom is 0.188 e. The van der Waals surface area contributed by atoms with Crippen molar-refractivity contribution < 1.29 is 4.74 Å². The Bertz CT molecular complexity index is 593. The highest BCUT2D eigenvalue weighted by Crippen LogP contribution is 2.14. The van der Waals surface area contributed by atoms with Crippen LogP contribution in [0.1, 0.15) is 18.9 Å². The van der Waals surface area contributed by atoms with Gasteiger partial charge in [0.2, 0.25) is 0 Å². The van der Waals surface area contributed by atoms with Crippen molar-refractivity contribution in [1.29, 1.82) is 0 Å². The lowest BCUT2D eigenvalue weighted by atomic mass is 10.2. The zero-order valence-electron chi connectivity index (χ0n) is 17.1. The van der Waals surface area contributed by atoms with Gasteiger partial charge in [-0.15, -0.1) is 0 Å². The van der Waals surface area contributed by atoms with Gasteiger partial charge in [-0.1, -0.05) is 13.0 Å². The molecular formula is C20H35N7O. The number of hydrogen-bond donors (Lipinski definition) is 2. The van der Waals surface area contributed by atoms with Crippen LogP contribution in [0.4, 0.5) is 5.82 Å². The fourth-order valence-electron chi connectivity index (χ4n) is 3.57. The van der Waals surface area contributed by atoms with Gasteiger partial charge in [0.15, 0.2) is 5.96 Å². The molecule has 28 heavy (non-hydrogen) atoms. The first-order valence-electron chi connectivity index (χ1n) is 10.5. The number of pyridine rings is 1. The molecule has 3 N–H and O–H groups in total. The summed E-state index contributed by atoms with van der Waals surface area (Å²) in [5.74, 6) is 1.56. The summed E-state index contributed by atoms with van der Waals surface area (Å²) in [6.45, 7) is 13.9. The fraction of sp³-hybridized carbons (Fsp3) is 0.700. The van der Waals surface area contributed by atoms with E-state index < -0.39 is 0 Å². The van der Waals surface area contributed by atoms with Crippen molar-refractivity contribution in [2.45, 2.75) is 19.9 Å². The lowest BCUT2D eigenvalue weighted by molar-refractivity contribution is 0.0376. The number of ether oxygens (including phenoxy) is 1. The summed E-state index contributed by atoms with van der Waals surface area (Å²) in [4.78, 5) is 16.3. The van der Waals surface area contributed by atoms with E-state index in [1.807, 2.05) is 6.20 Å². The van der Waals surface area contributed by atoms with Crippen LogP contribution in [0.25, 0.3) is 0 Å². The minimum absolute atomic E-state index is 0.502. The highest BCUT2D eigenvalue weighted by molar-refractivity contribution is 5.77. The van der Waals surface area contributed by atoms with Crippen LogP contribution in [0, 0.1) is 0 Å². The Kier molecular flexibility index (Phi) is 8.32. The van der Waals surface area contributed by atoms with Crippen LogP contribution in [0.15, 0.2) is 23.3 Å². The molecule has 1 aromatic rings. The first-order chi connectivity index (χ1) is 13.7. The fourth-order valence-corrected chi connectivity index (χ4v) is 3.57. The smallest absolute Gasteiger partial charge is 0.188 e. The first kappa shape index (κ1) is 20.8. The Morgan fingerprint density at radius 1 is 1.14 bits per heavy atom. The zero-order valence-corrected chi connectivity index (χ0v) is 17.1. The highest BCUT2D eigenvalue weighted by Gasteiger charge is 2.16. The van der Waals surface area contributed by atoms with Gasteiger partial charge in [-0.3, -0.25) is 4.90 Å². The number of nitrogens with two attached hydrogens (primary N) is 1. The molecule has 3 rings (SSSR count). The van der Waals surface area contributed by atoms with E-state index in [0.29, 0.717) is 12.5 Å². The van der Waals surface area contributed by atoms with Crippen LogP contribution >= 0.6 is 0 Å². The molecule has 3 heterocycles. The third-order valence-corrected chi connectivity index (χ3v) is 5.45. The van der Waals surface area contributed by atoms with Crippen molar-refractivity contribution in [3.63, 3.8) is 0 Å². The van der Waals surface area contributed by atoms with Gasteiger partial charge < -0.3 is 25.6 Å². The van der Waals surface area contributed by atoms with E-state index in [1.165, 1.54) is 0 Å². The van der Waals surface area contributed by atoms with Crippen LogP contribution in [0.3, 0.4) is 0 Å². The van der Waals surface area contributed by atoms with Gasteiger partial charge >= 0.3 is 0 Å². The van der Waals surface area contributed by atoms with Crippen LogP contribution in [0.5, 0.6) is 0 Å². The molecule has 2 aliphatic heterocycles. The largest absolute Gasteiger partial charge is 0.379 e. The minimum Gasteiger partial charge on any atom is -0.379 e. The topological polar surface area (TPSA) is 82.2 Å². The van der Waals surface area contributed by atoms with Gasteiger partial charge in [-0.2, -0.15) is 0 Å². The molecule has 0 spiro atoms. The quantitative estimate of drug-likeness (QED) is 0.377. The average Bonchev–Trinajstić information content (AvgIpc) is 2.76. The molecule has 8 nitrogen and oxygen atoms in total. The number of nitrogens with one attached hydrogen (secondary N) is 1. The molecule has 156 valence electrons. The number of morpholine rings is 1. The van der Waals surface area contributed by atoms with Crippen molar-refractivity contribution in [1.82, 2.24) is 20.1 Å². The number of likely N-dealkylation sites (N-methyl/N-ethyl adjacent to an activating group) is 1. The molecule has 0 amide bonds. The Morgan fingerprint density at radius 3 is 2.61 bits per heavy atom. The molecule has 0 aromatic carbocycles. The van der Waals surface area contributed by atoms with Crippen LogP contribution < -0.4 is 16.0 Å². The van der Waals surface area contributed by atoms with Crippen LogP contribution in [0.2, 0.25) is 0 Å². The molecule has 1 aromatic heterocycles. The van der Waals surface area contributed by atoms with Crippen molar-refractivity contribution in [3.8, 4) is 0 Å². The maximum atomic E-state index is 5.99. The van der Waals surface area contributed by atoms with Gasteiger partial charge in [0.1, 0.15) is 5.82 Å². The molecule has 2 saturated heterocycles. The second kappa shape index (κ2) is 11.2. The lowest BCUT2D eigenvalue weighted by Crippen LogP contribution is -2.46. The van der Waals surface area contributed by atoms with Gasteiger partial charge in [0, 0.05) is 52.0 Å². The predicted octanol–water partition coefficient (Wildman–Crippen LogP) is 0.350. The monoisotopic (exact) mass is 389 g/mol. The molecule has 0 atom stereocenters. The third kappa shape index (κ3) is 6.61. The standard InChI is InChI=1S/C20H35N7O/c1-2-25-8-10-27(11-9-25)19-5-4-18(16-23-19)17-24-20(21)22-6-3-7-26-12-14-28-15-13-26/h4-5,16H,2-3,6-15,17H2,1H3,(H3,21,22,24). The summed E-state index contributed by atoms with van der Waals surface area (Å²) in [6, 6.07) is 4.20. The first-order valence-corrected chi connectivity index (χ1v) is 10.5. The van der Waals surface area contributed by atoms with E-state index in [9.17, 15) is 0 Å². The number of nitrogens with zero attached hydrogens (tertiary/aromatic N) is 5. The predicted molar refractivity (Wildman–Crippen MR) is 114 cm³/mol. The van der Waals surface area contributed by atoms with E-state index in [4.69, 9.17) is 10.5 Å². The summed E-state index contributed by atoms with van der Waals surface area (Å²) in [6.07, 6.45) is 2.97. The van der Waals surface area contributed by atoms with Crippen molar-refractivity contribution >= 4 is 11.8 Å². The van der Waals surface area contributed by atoms with Crippen molar-refractivity contribution in [2.75, 3.05) is 77.0 Å². The van der Waals surface area contributed by atoms with E-state index in [2.05, 4.69) is 49.0 Å². The van der Waals surface area contributed by atoms with Gasteiger partial charge in [0.25, 0.3) is 0 Å². The minimum atomic E-state index is 0.502. The Hall–Kier alpha value is -1.90. The highest BCUT2D eigenvalue weighted by atomic mass is 16.5. The molecule has 0 unspecified atom stereocenters. The SMILES string of the molecule is CCN1CCN(c2ccc(CN=C(N)NCCCN3CCOCC3)cn2)CC1. The average molecular weight is 390 g/mol. The second-order valence-electron chi connectivity index (χ2n) is 7.38. The molecule has 0 saturated carbocycles. The number of rotatable bonds is 8. The van der Waals surface area contributed by atoms with E-state index in [0.717, 1.165) is 89.9 Å². The number of aromatic nitrogens is 1. The van der Waals surface area contributed by atoms with Gasteiger partial charge in [-0.25, -0.2) is 9.98 Å². The summed E-state index contributed by atoms with van der Waals surface area (Å²) >= 11 is 0. The Labute approximate surface area is 168 Å². The van der Waals surface area contributed by atoms with Crippen molar-refractivity contribution in [2.24, 2.45) is 10.7 Å².